The minimum absolute atomic E-state index is 0.728. The Bertz CT molecular complexity index is 584. The monoisotopic (exact) mass is 305 g/mol. The predicted octanol–water partition coefficient (Wildman–Crippen LogP) is 2.09. The molecule has 0 aromatic carbocycles. The van der Waals surface area contributed by atoms with Gasteiger partial charge in [-0.3, -0.25) is 4.68 Å². The molecule has 2 aromatic rings. The van der Waals surface area contributed by atoms with E-state index in [1.165, 1.54) is 16.0 Å². The Hall–Kier alpha value is -1.82. The molecule has 0 atom stereocenters. The summed E-state index contributed by atoms with van der Waals surface area (Å²) in [5.74, 6) is 0.870. The van der Waals surface area contributed by atoms with E-state index in [1.54, 1.807) is 11.3 Å². The third-order valence-electron chi connectivity index (χ3n) is 3.16. The average molecular weight is 305 g/mol. The van der Waals surface area contributed by atoms with Gasteiger partial charge in [0, 0.05) is 31.2 Å². The van der Waals surface area contributed by atoms with Crippen LogP contribution in [0.3, 0.4) is 0 Å². The van der Waals surface area contributed by atoms with Crippen LogP contribution in [-0.4, -0.2) is 28.8 Å². The smallest absolute Gasteiger partial charge is 0.191 e. The number of aliphatic imine (C=N–C) groups is 1. The van der Waals surface area contributed by atoms with Crippen LogP contribution in [0.4, 0.5) is 0 Å². The quantitative estimate of drug-likeness (QED) is 0.635. The molecule has 114 valence electrons. The van der Waals surface area contributed by atoms with Crippen molar-refractivity contribution < 1.29 is 0 Å². The van der Waals surface area contributed by atoms with E-state index in [-0.39, 0.29) is 0 Å². The fourth-order valence-electron chi connectivity index (χ4n) is 1.98. The van der Waals surface area contributed by atoms with E-state index in [1.807, 2.05) is 24.1 Å². The van der Waals surface area contributed by atoms with Crippen LogP contribution in [0.1, 0.15) is 22.9 Å². The van der Waals surface area contributed by atoms with Gasteiger partial charge in [0.15, 0.2) is 5.96 Å². The van der Waals surface area contributed by atoms with Crippen LogP contribution >= 0.6 is 11.3 Å². The highest BCUT2D eigenvalue weighted by Gasteiger charge is 2.02. The molecule has 6 heteroatoms. The van der Waals surface area contributed by atoms with Crippen molar-refractivity contribution in [2.45, 2.75) is 26.8 Å². The van der Waals surface area contributed by atoms with Gasteiger partial charge in [0.25, 0.3) is 0 Å². The standard InChI is InChI=1S/C15H23N5S/c1-4-16-15(18-10-14-12(2)6-8-21-14)17-7-5-13-9-19-20(3)11-13/h6,8-9,11H,4-5,7,10H2,1-3H3,(H2,16,17,18). The first kappa shape index (κ1) is 15.6. The Morgan fingerprint density at radius 2 is 2.29 bits per heavy atom. The maximum Gasteiger partial charge on any atom is 0.191 e. The first-order valence-corrected chi connectivity index (χ1v) is 8.09. The van der Waals surface area contributed by atoms with E-state index in [4.69, 9.17) is 0 Å². The predicted molar refractivity (Wildman–Crippen MR) is 88.8 cm³/mol. The number of rotatable bonds is 6. The van der Waals surface area contributed by atoms with Crippen molar-refractivity contribution in [3.05, 3.63) is 39.8 Å². The van der Waals surface area contributed by atoms with Crippen molar-refractivity contribution in [1.29, 1.82) is 0 Å². The summed E-state index contributed by atoms with van der Waals surface area (Å²) >= 11 is 1.76. The third-order valence-corrected chi connectivity index (χ3v) is 4.17. The van der Waals surface area contributed by atoms with Gasteiger partial charge in [-0.05, 0) is 42.8 Å². The van der Waals surface area contributed by atoms with E-state index in [2.05, 4.69) is 46.0 Å². The molecule has 0 amide bonds. The molecule has 0 aliphatic heterocycles. The van der Waals surface area contributed by atoms with E-state index < -0.39 is 0 Å². The van der Waals surface area contributed by atoms with Gasteiger partial charge in [-0.25, -0.2) is 4.99 Å². The fraction of sp³-hybridized carbons (Fsp3) is 0.467. The summed E-state index contributed by atoms with van der Waals surface area (Å²) in [7, 11) is 1.94. The molecule has 2 rings (SSSR count). The van der Waals surface area contributed by atoms with E-state index in [0.717, 1.165) is 32.0 Å². The van der Waals surface area contributed by atoms with Crippen molar-refractivity contribution >= 4 is 17.3 Å². The molecule has 0 aliphatic carbocycles. The van der Waals surface area contributed by atoms with Crippen LogP contribution in [0, 0.1) is 6.92 Å². The summed E-state index contributed by atoms with van der Waals surface area (Å²) in [5.41, 5.74) is 2.55. The molecule has 5 nitrogen and oxygen atoms in total. The van der Waals surface area contributed by atoms with Gasteiger partial charge in [0.05, 0.1) is 12.7 Å². The molecular weight excluding hydrogens is 282 g/mol. The zero-order valence-electron chi connectivity index (χ0n) is 12.9. The minimum atomic E-state index is 0.728. The summed E-state index contributed by atoms with van der Waals surface area (Å²) < 4.78 is 1.83. The molecule has 21 heavy (non-hydrogen) atoms. The molecule has 0 fully saturated rings. The van der Waals surface area contributed by atoms with E-state index in [9.17, 15) is 0 Å². The maximum absolute atomic E-state index is 4.64. The van der Waals surface area contributed by atoms with Crippen molar-refractivity contribution in [2.75, 3.05) is 13.1 Å². The molecule has 0 bridgehead atoms. The van der Waals surface area contributed by atoms with Crippen LogP contribution in [0.15, 0.2) is 28.8 Å². The Kier molecular flexibility index (Phi) is 5.80. The van der Waals surface area contributed by atoms with Gasteiger partial charge < -0.3 is 10.6 Å². The molecule has 0 unspecified atom stereocenters. The number of aryl methyl sites for hydroxylation is 2. The van der Waals surface area contributed by atoms with Crippen LogP contribution < -0.4 is 10.6 Å². The molecular formula is C15H23N5S. The Morgan fingerprint density at radius 3 is 2.90 bits per heavy atom. The lowest BCUT2D eigenvalue weighted by molar-refractivity contribution is 0.765. The largest absolute Gasteiger partial charge is 0.357 e. The number of thiophene rings is 1. The van der Waals surface area contributed by atoms with Crippen LogP contribution in [-0.2, 0) is 20.0 Å². The zero-order valence-corrected chi connectivity index (χ0v) is 13.7. The summed E-state index contributed by atoms with van der Waals surface area (Å²) in [6, 6.07) is 2.14. The molecule has 2 aromatic heterocycles. The number of guanidine groups is 1. The topological polar surface area (TPSA) is 54.2 Å². The lowest BCUT2D eigenvalue weighted by Gasteiger charge is -2.10. The van der Waals surface area contributed by atoms with Gasteiger partial charge in [0.1, 0.15) is 0 Å². The van der Waals surface area contributed by atoms with Crippen molar-refractivity contribution in [1.82, 2.24) is 20.4 Å². The maximum atomic E-state index is 4.64. The molecule has 2 N–H and O–H groups in total. The minimum Gasteiger partial charge on any atom is -0.357 e. The Balaban J connectivity index is 1.85. The first-order chi connectivity index (χ1) is 10.2. The number of hydrogen-bond acceptors (Lipinski definition) is 3. The van der Waals surface area contributed by atoms with Crippen LogP contribution in [0.25, 0.3) is 0 Å². The second kappa shape index (κ2) is 7.83. The van der Waals surface area contributed by atoms with Crippen molar-refractivity contribution in [3.8, 4) is 0 Å². The van der Waals surface area contributed by atoms with Crippen LogP contribution in [0.2, 0.25) is 0 Å². The first-order valence-electron chi connectivity index (χ1n) is 7.21. The second-order valence-corrected chi connectivity index (χ2v) is 5.92. The normalized spacial score (nSPS) is 11.7. The Labute approximate surface area is 130 Å². The second-order valence-electron chi connectivity index (χ2n) is 4.92. The van der Waals surface area contributed by atoms with Crippen molar-refractivity contribution in [3.63, 3.8) is 0 Å². The van der Waals surface area contributed by atoms with Gasteiger partial charge in [-0.2, -0.15) is 5.10 Å². The van der Waals surface area contributed by atoms with Crippen molar-refractivity contribution in [2.24, 2.45) is 12.0 Å². The highest BCUT2D eigenvalue weighted by atomic mass is 32.1. The SMILES string of the molecule is CCNC(=NCc1sccc1C)NCCc1cnn(C)c1. The molecule has 0 aliphatic rings. The van der Waals surface area contributed by atoms with Gasteiger partial charge in [-0.1, -0.05) is 0 Å². The Morgan fingerprint density at radius 1 is 1.43 bits per heavy atom. The van der Waals surface area contributed by atoms with E-state index >= 15 is 0 Å². The van der Waals surface area contributed by atoms with Crippen LogP contribution in [0.5, 0.6) is 0 Å². The van der Waals surface area contributed by atoms with Gasteiger partial charge in [0.2, 0.25) is 0 Å². The molecule has 0 saturated carbocycles. The molecule has 2 heterocycles. The summed E-state index contributed by atoms with van der Waals surface area (Å²) in [5, 5.41) is 12.9. The number of aromatic nitrogens is 2. The number of nitrogens with one attached hydrogen (secondary N) is 2. The summed E-state index contributed by atoms with van der Waals surface area (Å²) in [6.45, 7) is 6.65. The molecule has 0 spiro atoms. The highest BCUT2D eigenvalue weighted by Crippen LogP contribution is 2.16. The highest BCUT2D eigenvalue weighted by molar-refractivity contribution is 7.10. The lowest BCUT2D eigenvalue weighted by Crippen LogP contribution is -2.38. The summed E-state index contributed by atoms with van der Waals surface area (Å²) in [4.78, 5) is 5.96. The zero-order chi connectivity index (χ0) is 15.1. The fourth-order valence-corrected chi connectivity index (χ4v) is 2.81. The average Bonchev–Trinajstić information content (AvgIpc) is 3.05. The molecule has 0 saturated heterocycles. The van der Waals surface area contributed by atoms with Gasteiger partial charge >= 0.3 is 0 Å². The van der Waals surface area contributed by atoms with E-state index in [0.29, 0.717) is 0 Å². The molecule has 0 radical (unpaired) electrons. The third kappa shape index (κ3) is 4.90. The number of nitrogens with zero attached hydrogens (tertiary/aromatic N) is 3. The lowest BCUT2D eigenvalue weighted by atomic mass is 10.2. The van der Waals surface area contributed by atoms with Gasteiger partial charge in [-0.15, -0.1) is 11.3 Å². The number of hydrogen-bond donors (Lipinski definition) is 2. The summed E-state index contributed by atoms with van der Waals surface area (Å²) in [6.07, 6.45) is 4.89.